The van der Waals surface area contributed by atoms with Gasteiger partial charge in [-0.15, -0.1) is 0 Å². The number of aliphatic carboxylic acids is 1. The molecule has 9 nitrogen and oxygen atoms in total. The molecule has 3 aliphatic heterocycles. The minimum Gasteiger partial charge on any atom is -0.481 e. The molecule has 2 saturated heterocycles. The molecule has 9 heteroatoms. The van der Waals surface area contributed by atoms with Crippen LogP contribution in [0.3, 0.4) is 0 Å². The van der Waals surface area contributed by atoms with Gasteiger partial charge in [-0.25, -0.2) is 4.90 Å². The van der Waals surface area contributed by atoms with Crippen LogP contribution in [-0.2, 0) is 24.7 Å². The smallest absolute Gasteiger partial charge is 0.303 e. The van der Waals surface area contributed by atoms with Crippen LogP contribution >= 0.6 is 0 Å². The number of para-hydroxylation sites is 1. The molecule has 2 aromatic carbocycles. The number of hydrogen-bond donors (Lipinski definition) is 3. The summed E-state index contributed by atoms with van der Waals surface area (Å²) in [6, 6.07) is 12.4. The lowest BCUT2D eigenvalue weighted by molar-refractivity contribution is -0.137. The Balaban J connectivity index is 1.61. The van der Waals surface area contributed by atoms with Crippen LogP contribution < -0.4 is 15.5 Å². The largest absolute Gasteiger partial charge is 0.481 e. The third kappa shape index (κ3) is 2.92. The van der Waals surface area contributed by atoms with Crippen molar-refractivity contribution >= 4 is 40.8 Å². The monoisotopic (exact) mass is 447 g/mol. The number of Topliss-reactive ketones (excluding diaryl/α,β-unsaturated/α-hetero) is 1. The Morgan fingerprint density at radius 3 is 2.39 bits per heavy atom. The van der Waals surface area contributed by atoms with E-state index in [0.29, 0.717) is 22.5 Å². The van der Waals surface area contributed by atoms with Gasteiger partial charge in [0.1, 0.15) is 5.54 Å². The van der Waals surface area contributed by atoms with Gasteiger partial charge in [0.15, 0.2) is 5.78 Å². The maximum absolute atomic E-state index is 13.7. The van der Waals surface area contributed by atoms with Gasteiger partial charge in [0, 0.05) is 29.3 Å². The zero-order valence-electron chi connectivity index (χ0n) is 17.7. The molecule has 3 N–H and O–H groups in total. The summed E-state index contributed by atoms with van der Waals surface area (Å²) in [6.07, 6.45) is -0.126. The van der Waals surface area contributed by atoms with Gasteiger partial charge >= 0.3 is 5.97 Å². The standard InChI is InChI=1S/C24H21N3O6/c1-12(28)13-6-8-14(9-7-13)27-21(31)19-17(10-11-18(29)30)26-24(20(19)22(27)32)15-4-2-3-5-16(15)25-23(24)33/h2-9,17,19-20,26H,10-11H2,1H3,(H,25,33)(H,29,30)/t17-,19-,20-,24-/m0/s1. The van der Waals surface area contributed by atoms with E-state index in [0.717, 1.165) is 4.90 Å². The summed E-state index contributed by atoms with van der Waals surface area (Å²) in [4.78, 5) is 64.5. The Kier molecular flexibility index (Phi) is 4.68. The predicted octanol–water partition coefficient (Wildman–Crippen LogP) is 1.68. The second-order valence-electron chi connectivity index (χ2n) is 8.61. The van der Waals surface area contributed by atoms with Gasteiger partial charge in [-0.05, 0) is 43.7 Å². The van der Waals surface area contributed by atoms with Crippen LogP contribution in [0.15, 0.2) is 48.5 Å². The average Bonchev–Trinajstić information content (AvgIpc) is 3.37. The fourth-order valence-corrected chi connectivity index (χ4v) is 5.39. The quantitative estimate of drug-likeness (QED) is 0.469. The number of rotatable bonds is 5. The number of nitrogens with zero attached hydrogens (tertiary/aromatic N) is 1. The van der Waals surface area contributed by atoms with E-state index in [4.69, 9.17) is 0 Å². The van der Waals surface area contributed by atoms with Crippen LogP contribution in [0.5, 0.6) is 0 Å². The molecule has 0 aliphatic carbocycles. The first-order valence-electron chi connectivity index (χ1n) is 10.6. The summed E-state index contributed by atoms with van der Waals surface area (Å²) in [6.45, 7) is 1.42. The number of carboxylic acid groups (broad SMARTS) is 1. The highest BCUT2D eigenvalue weighted by Crippen LogP contribution is 2.54. The first-order chi connectivity index (χ1) is 15.8. The molecule has 2 fully saturated rings. The highest BCUT2D eigenvalue weighted by Gasteiger charge is 2.70. The van der Waals surface area contributed by atoms with Gasteiger partial charge in [-0.3, -0.25) is 29.3 Å². The Hall–Kier alpha value is -3.85. The fourth-order valence-electron chi connectivity index (χ4n) is 5.39. The lowest BCUT2D eigenvalue weighted by Crippen LogP contribution is -2.53. The first-order valence-corrected chi connectivity index (χ1v) is 10.6. The number of carbonyl (C=O) groups excluding carboxylic acids is 4. The normalized spacial score (nSPS) is 27.6. The van der Waals surface area contributed by atoms with Gasteiger partial charge in [0.2, 0.25) is 17.7 Å². The number of ketones is 1. The number of hydrogen-bond acceptors (Lipinski definition) is 6. The predicted molar refractivity (Wildman–Crippen MR) is 116 cm³/mol. The number of anilines is 2. The Labute approximate surface area is 188 Å². The molecule has 0 unspecified atom stereocenters. The van der Waals surface area contributed by atoms with E-state index in [2.05, 4.69) is 10.6 Å². The molecule has 3 amide bonds. The number of carboxylic acids is 1. The zero-order valence-corrected chi connectivity index (χ0v) is 17.7. The third-order valence-electron chi connectivity index (χ3n) is 6.82. The topological polar surface area (TPSA) is 133 Å². The molecule has 1 spiro atoms. The summed E-state index contributed by atoms with van der Waals surface area (Å²) >= 11 is 0. The molecule has 3 aliphatic rings. The van der Waals surface area contributed by atoms with Crippen molar-refractivity contribution in [1.29, 1.82) is 0 Å². The maximum atomic E-state index is 13.7. The molecule has 5 rings (SSSR count). The van der Waals surface area contributed by atoms with Crippen LogP contribution in [0, 0.1) is 11.8 Å². The van der Waals surface area contributed by atoms with Crippen LogP contribution in [0.4, 0.5) is 11.4 Å². The molecule has 0 bridgehead atoms. The molecule has 0 aromatic heterocycles. The molecule has 168 valence electrons. The van der Waals surface area contributed by atoms with Crippen molar-refractivity contribution in [3.8, 4) is 0 Å². The second kappa shape index (κ2) is 7.35. The third-order valence-corrected chi connectivity index (χ3v) is 6.82. The van der Waals surface area contributed by atoms with Gasteiger partial charge < -0.3 is 10.4 Å². The second-order valence-corrected chi connectivity index (χ2v) is 8.61. The Morgan fingerprint density at radius 1 is 1.03 bits per heavy atom. The van der Waals surface area contributed by atoms with Crippen molar-refractivity contribution in [1.82, 2.24) is 5.32 Å². The maximum Gasteiger partial charge on any atom is 0.303 e. The summed E-state index contributed by atoms with van der Waals surface area (Å²) in [5.74, 6) is -4.56. The molecular weight excluding hydrogens is 426 g/mol. The summed E-state index contributed by atoms with van der Waals surface area (Å²) < 4.78 is 0. The zero-order chi connectivity index (χ0) is 23.5. The molecule has 33 heavy (non-hydrogen) atoms. The minimum absolute atomic E-state index is 0.0871. The van der Waals surface area contributed by atoms with Gasteiger partial charge in [0.05, 0.1) is 17.5 Å². The van der Waals surface area contributed by atoms with E-state index in [-0.39, 0.29) is 18.6 Å². The Morgan fingerprint density at radius 2 is 1.73 bits per heavy atom. The van der Waals surface area contributed by atoms with E-state index in [9.17, 15) is 29.1 Å². The van der Waals surface area contributed by atoms with Crippen molar-refractivity contribution in [3.63, 3.8) is 0 Å². The molecule has 0 saturated carbocycles. The van der Waals surface area contributed by atoms with Crippen molar-refractivity contribution < 1.29 is 29.1 Å². The van der Waals surface area contributed by atoms with E-state index < -0.39 is 47.1 Å². The molecule has 2 aromatic rings. The first kappa shape index (κ1) is 21.0. The highest BCUT2D eigenvalue weighted by atomic mass is 16.4. The van der Waals surface area contributed by atoms with Crippen LogP contribution in [0.1, 0.15) is 35.7 Å². The molecule has 4 atom stereocenters. The Bertz CT molecular complexity index is 1220. The van der Waals surface area contributed by atoms with Crippen molar-refractivity contribution in [2.24, 2.45) is 11.8 Å². The number of imide groups is 1. The van der Waals surface area contributed by atoms with E-state index in [1.807, 2.05) is 0 Å². The number of amides is 3. The van der Waals surface area contributed by atoms with Crippen LogP contribution in [0.25, 0.3) is 0 Å². The van der Waals surface area contributed by atoms with Crippen LogP contribution in [-0.4, -0.2) is 40.6 Å². The summed E-state index contributed by atoms with van der Waals surface area (Å²) in [7, 11) is 0. The fraction of sp³-hybridized carbons (Fsp3) is 0.292. The highest BCUT2D eigenvalue weighted by molar-refractivity contribution is 6.25. The summed E-state index contributed by atoms with van der Waals surface area (Å²) in [5, 5.41) is 15.2. The molecule has 3 heterocycles. The van der Waals surface area contributed by atoms with Gasteiger partial charge in [0.25, 0.3) is 0 Å². The molecular formula is C24H21N3O6. The lowest BCUT2D eigenvalue weighted by Gasteiger charge is -2.29. The number of nitrogens with one attached hydrogen (secondary N) is 2. The van der Waals surface area contributed by atoms with Crippen molar-refractivity contribution in [3.05, 3.63) is 59.7 Å². The number of carbonyl (C=O) groups is 5. The molecule has 0 radical (unpaired) electrons. The van der Waals surface area contributed by atoms with Gasteiger partial charge in [-0.2, -0.15) is 0 Å². The number of fused-ring (bicyclic) bond motifs is 4. The van der Waals surface area contributed by atoms with Crippen LogP contribution in [0.2, 0.25) is 0 Å². The average molecular weight is 447 g/mol. The van der Waals surface area contributed by atoms with Crippen molar-refractivity contribution in [2.45, 2.75) is 31.3 Å². The van der Waals surface area contributed by atoms with E-state index >= 15 is 0 Å². The van der Waals surface area contributed by atoms with Gasteiger partial charge in [-0.1, -0.05) is 18.2 Å². The SMILES string of the molecule is CC(=O)c1ccc(N2C(=O)[C@H]3[C@H](CCC(=O)O)N[C@]4(C(=O)Nc5ccccc54)[C@@H]3C2=O)cc1. The van der Waals surface area contributed by atoms with E-state index in [1.165, 1.54) is 19.1 Å². The summed E-state index contributed by atoms with van der Waals surface area (Å²) in [5.41, 5.74) is 0.406. The van der Waals surface area contributed by atoms with Crippen molar-refractivity contribution in [2.75, 3.05) is 10.2 Å². The number of benzene rings is 2. The van der Waals surface area contributed by atoms with E-state index in [1.54, 1.807) is 36.4 Å². The lowest BCUT2D eigenvalue weighted by atomic mass is 9.76. The minimum atomic E-state index is -1.47.